The number of carbonyl (C=O) groups excluding carboxylic acids is 1. The molecule has 0 atom stereocenters. The molecule has 12 heavy (non-hydrogen) atoms. The highest BCUT2D eigenvalue weighted by atomic mass is 16.3. The van der Waals surface area contributed by atoms with Crippen LogP contribution in [0.3, 0.4) is 0 Å². The lowest BCUT2D eigenvalue weighted by Crippen LogP contribution is -2.22. The zero-order valence-corrected chi connectivity index (χ0v) is 6.94. The maximum absolute atomic E-state index is 11.2. The third kappa shape index (κ3) is 1.53. The third-order valence-corrected chi connectivity index (χ3v) is 1.38. The van der Waals surface area contributed by atoms with Crippen molar-refractivity contribution >= 4 is 5.91 Å². The van der Waals surface area contributed by atoms with E-state index in [9.17, 15) is 9.90 Å². The van der Waals surface area contributed by atoms with Crippen molar-refractivity contribution in [3.05, 3.63) is 24.0 Å². The molecule has 4 heteroatoms. The van der Waals surface area contributed by atoms with Crippen LogP contribution >= 0.6 is 0 Å². The Morgan fingerprint density at radius 2 is 2.17 bits per heavy atom. The van der Waals surface area contributed by atoms with Gasteiger partial charge in [0, 0.05) is 20.3 Å². The lowest BCUT2D eigenvalue weighted by molar-refractivity contribution is 0.0816. The largest absolute Gasteiger partial charge is 0.343 e. The fourth-order valence-electron chi connectivity index (χ4n) is 0.763. The highest BCUT2D eigenvalue weighted by Crippen LogP contribution is 2.14. The third-order valence-electron chi connectivity index (χ3n) is 1.38. The van der Waals surface area contributed by atoms with Gasteiger partial charge in [0.15, 0.2) is 5.69 Å². The molecule has 1 radical (unpaired) electrons. The molecule has 63 valence electrons. The Morgan fingerprint density at radius 1 is 1.50 bits per heavy atom. The van der Waals surface area contributed by atoms with Crippen LogP contribution in [0.4, 0.5) is 0 Å². The van der Waals surface area contributed by atoms with Gasteiger partial charge in [-0.15, -0.1) is 0 Å². The van der Waals surface area contributed by atoms with Gasteiger partial charge in [0.25, 0.3) is 5.91 Å². The second-order valence-electron chi connectivity index (χ2n) is 2.55. The normalized spacial score (nSPS) is 9.50. The second kappa shape index (κ2) is 3.21. The van der Waals surface area contributed by atoms with E-state index in [1.54, 1.807) is 14.1 Å². The van der Waals surface area contributed by atoms with Crippen molar-refractivity contribution < 1.29 is 9.90 Å². The fraction of sp³-hybridized carbons (Fsp3) is 0.250. The number of pyridine rings is 1. The van der Waals surface area contributed by atoms with Crippen LogP contribution in [0.2, 0.25) is 0 Å². The molecule has 0 fully saturated rings. The average Bonchev–Trinajstić information content (AvgIpc) is 2.04. The molecule has 4 nitrogen and oxygen atoms in total. The molecule has 0 saturated heterocycles. The van der Waals surface area contributed by atoms with Crippen molar-refractivity contribution in [3.63, 3.8) is 0 Å². The quantitative estimate of drug-likeness (QED) is 0.621. The van der Waals surface area contributed by atoms with E-state index in [4.69, 9.17) is 0 Å². The van der Waals surface area contributed by atoms with Gasteiger partial charge in [0.2, 0.25) is 5.75 Å². The lowest BCUT2D eigenvalue weighted by atomic mass is 10.3. The Hall–Kier alpha value is -1.58. The molecule has 0 bridgehead atoms. The Kier molecular flexibility index (Phi) is 2.28. The van der Waals surface area contributed by atoms with E-state index in [0.717, 1.165) is 0 Å². The molecular formula is C8H9N2O2. The van der Waals surface area contributed by atoms with Gasteiger partial charge < -0.3 is 4.90 Å². The Bertz CT molecular complexity index is 297. The van der Waals surface area contributed by atoms with E-state index in [1.807, 2.05) is 0 Å². The minimum absolute atomic E-state index is 0.0255. The summed E-state index contributed by atoms with van der Waals surface area (Å²) in [6.07, 6.45) is 1.43. The van der Waals surface area contributed by atoms with Gasteiger partial charge in [-0.3, -0.25) is 9.90 Å². The van der Waals surface area contributed by atoms with Crippen molar-refractivity contribution in [1.82, 2.24) is 9.88 Å². The molecule has 1 rings (SSSR count). The molecule has 0 aromatic carbocycles. The summed E-state index contributed by atoms with van der Waals surface area (Å²) >= 11 is 0. The van der Waals surface area contributed by atoms with Crippen LogP contribution in [0.25, 0.3) is 0 Å². The van der Waals surface area contributed by atoms with Gasteiger partial charge in [-0.25, -0.2) is 4.98 Å². The molecule has 1 aromatic rings. The van der Waals surface area contributed by atoms with Crippen LogP contribution < -0.4 is 0 Å². The summed E-state index contributed by atoms with van der Waals surface area (Å²) in [5.74, 6) is -0.697. The first-order valence-electron chi connectivity index (χ1n) is 3.46. The molecular weight excluding hydrogens is 156 g/mol. The summed E-state index contributed by atoms with van der Waals surface area (Å²) < 4.78 is 0. The molecule has 1 aromatic heterocycles. The molecule has 0 spiro atoms. The van der Waals surface area contributed by atoms with Crippen LogP contribution in [0.1, 0.15) is 10.5 Å². The number of rotatable bonds is 1. The SMILES string of the molecule is CN(C)C(=O)c1ncccc1[O]. The van der Waals surface area contributed by atoms with Gasteiger partial charge in [0.1, 0.15) is 0 Å². The highest BCUT2D eigenvalue weighted by molar-refractivity contribution is 5.94. The second-order valence-corrected chi connectivity index (χ2v) is 2.55. The maximum atomic E-state index is 11.2. The maximum Gasteiger partial charge on any atom is 0.276 e. The molecule has 0 aliphatic carbocycles. The molecule has 0 N–H and O–H groups in total. The predicted molar refractivity (Wildman–Crippen MR) is 42.4 cm³/mol. The predicted octanol–water partition coefficient (Wildman–Crippen LogP) is 0.927. The molecule has 0 saturated carbocycles. The number of nitrogens with zero attached hydrogens (tertiary/aromatic N) is 2. The average molecular weight is 165 g/mol. The molecule has 1 heterocycles. The summed E-state index contributed by atoms with van der Waals surface area (Å²) in [5, 5.41) is 11.1. The van der Waals surface area contributed by atoms with Gasteiger partial charge in [-0.05, 0) is 12.1 Å². The summed E-state index contributed by atoms with van der Waals surface area (Å²) in [6, 6.07) is 2.83. The summed E-state index contributed by atoms with van der Waals surface area (Å²) in [4.78, 5) is 16.2. The fourth-order valence-corrected chi connectivity index (χ4v) is 0.763. The zero-order valence-electron chi connectivity index (χ0n) is 6.94. The Labute approximate surface area is 70.5 Å². The van der Waals surface area contributed by atoms with Crippen LogP contribution in [-0.4, -0.2) is 29.9 Å². The molecule has 1 amide bonds. The highest BCUT2D eigenvalue weighted by Gasteiger charge is 2.14. The van der Waals surface area contributed by atoms with Gasteiger partial charge in [0.05, 0.1) is 0 Å². The smallest absolute Gasteiger partial charge is 0.276 e. The van der Waals surface area contributed by atoms with Crippen LogP contribution in [0.5, 0.6) is 5.75 Å². The van der Waals surface area contributed by atoms with Gasteiger partial charge in [-0.1, -0.05) is 0 Å². The van der Waals surface area contributed by atoms with E-state index in [2.05, 4.69) is 4.98 Å². The van der Waals surface area contributed by atoms with Gasteiger partial charge >= 0.3 is 0 Å². The van der Waals surface area contributed by atoms with Crippen molar-refractivity contribution in [3.8, 4) is 5.75 Å². The number of amides is 1. The van der Waals surface area contributed by atoms with Crippen molar-refractivity contribution in [2.24, 2.45) is 0 Å². The van der Waals surface area contributed by atoms with Crippen LogP contribution in [-0.2, 0) is 5.11 Å². The summed E-state index contributed by atoms with van der Waals surface area (Å²) in [7, 11) is 3.16. The number of hydrogen-bond acceptors (Lipinski definition) is 2. The van der Waals surface area contributed by atoms with Gasteiger partial charge in [-0.2, -0.15) is 0 Å². The first kappa shape index (κ1) is 8.52. The van der Waals surface area contributed by atoms with Crippen molar-refractivity contribution in [2.75, 3.05) is 14.1 Å². The summed E-state index contributed by atoms with van der Waals surface area (Å²) in [5.41, 5.74) is -0.0255. The van der Waals surface area contributed by atoms with E-state index in [0.29, 0.717) is 0 Å². The van der Waals surface area contributed by atoms with E-state index in [-0.39, 0.29) is 17.4 Å². The minimum Gasteiger partial charge on any atom is -0.343 e. The van der Waals surface area contributed by atoms with Crippen molar-refractivity contribution in [1.29, 1.82) is 0 Å². The topological polar surface area (TPSA) is 53.1 Å². The molecule has 0 aliphatic rings. The zero-order chi connectivity index (χ0) is 9.14. The molecule has 0 unspecified atom stereocenters. The monoisotopic (exact) mass is 165 g/mol. The molecule has 0 aliphatic heterocycles. The first-order valence-corrected chi connectivity index (χ1v) is 3.46. The number of carbonyl (C=O) groups is 1. The van der Waals surface area contributed by atoms with Crippen molar-refractivity contribution in [2.45, 2.75) is 0 Å². The van der Waals surface area contributed by atoms with E-state index in [1.165, 1.54) is 23.2 Å². The lowest BCUT2D eigenvalue weighted by Gasteiger charge is -2.08. The first-order chi connectivity index (χ1) is 5.63. The van der Waals surface area contributed by atoms with E-state index >= 15 is 0 Å². The standard InChI is InChI=1S/C8H9N2O2/c1-10(2)8(12)7-6(11)4-3-5-9-7/h3-5H,1-2H3. The van der Waals surface area contributed by atoms with Crippen LogP contribution in [0.15, 0.2) is 18.3 Å². The number of hydrogen-bond donors (Lipinski definition) is 0. The Morgan fingerprint density at radius 3 is 2.67 bits per heavy atom. The van der Waals surface area contributed by atoms with Crippen LogP contribution in [0, 0.1) is 0 Å². The Balaban J connectivity index is 3.03. The number of aromatic nitrogens is 1. The minimum atomic E-state index is -0.361. The van der Waals surface area contributed by atoms with E-state index < -0.39 is 0 Å². The summed E-state index contributed by atoms with van der Waals surface area (Å²) in [6.45, 7) is 0.